The van der Waals surface area contributed by atoms with Gasteiger partial charge in [-0.15, -0.1) is 0 Å². The second-order valence-electron chi connectivity index (χ2n) is 8.11. The number of fused-ring (bicyclic) bond motifs is 1. The van der Waals surface area contributed by atoms with E-state index in [1.54, 1.807) is 12.1 Å². The molecule has 0 saturated heterocycles. The molecule has 6 heteroatoms. The quantitative estimate of drug-likeness (QED) is 0.500. The Morgan fingerprint density at radius 3 is 2.35 bits per heavy atom. The van der Waals surface area contributed by atoms with Crippen LogP contribution in [0.25, 0.3) is 0 Å². The fourth-order valence-electron chi connectivity index (χ4n) is 3.60. The first-order valence-electron chi connectivity index (χ1n) is 10.2. The van der Waals surface area contributed by atoms with Crippen molar-refractivity contribution in [1.82, 2.24) is 0 Å². The van der Waals surface area contributed by atoms with Gasteiger partial charge >= 0.3 is 0 Å². The predicted octanol–water partition coefficient (Wildman–Crippen LogP) is 4.72. The molecule has 0 fully saturated rings. The van der Waals surface area contributed by atoms with Gasteiger partial charge in [-0.2, -0.15) is 0 Å². The maximum atomic E-state index is 12.9. The molecule has 4 N–H and O–H groups in total. The second-order valence-corrected chi connectivity index (χ2v) is 8.11. The number of aromatic hydroxyl groups is 3. The van der Waals surface area contributed by atoms with Gasteiger partial charge in [-0.05, 0) is 57.7 Å². The lowest BCUT2D eigenvalue weighted by Crippen LogP contribution is -2.36. The van der Waals surface area contributed by atoms with E-state index >= 15 is 0 Å². The topological polar surface area (TPSA) is 107 Å². The van der Waals surface area contributed by atoms with E-state index in [4.69, 9.17) is 4.74 Å². The molecule has 0 amide bonds. The van der Waals surface area contributed by atoms with Crippen LogP contribution in [0.3, 0.4) is 0 Å². The lowest BCUT2D eigenvalue weighted by molar-refractivity contribution is 0.0206. The summed E-state index contributed by atoms with van der Waals surface area (Å²) >= 11 is 0. The smallest absolute Gasteiger partial charge is 0.202 e. The number of rotatable bonds is 6. The van der Waals surface area contributed by atoms with Crippen molar-refractivity contribution < 1.29 is 30.0 Å². The van der Waals surface area contributed by atoms with E-state index in [1.807, 2.05) is 26.8 Å². The van der Waals surface area contributed by atoms with Crippen LogP contribution in [0.1, 0.15) is 61.2 Å². The third-order valence-electron chi connectivity index (χ3n) is 5.35. The Morgan fingerprint density at radius 1 is 1.03 bits per heavy atom. The largest absolute Gasteiger partial charge is 0.508 e. The summed E-state index contributed by atoms with van der Waals surface area (Å²) in [6.45, 7) is 6.10. The summed E-state index contributed by atoms with van der Waals surface area (Å²) in [5.41, 5.74) is 3.11. The SMILES string of the molecule is CC(C)=CCCC(C)=CCc1c(O)cc(O)c2c1O[C@H](c1ccc(O)cc1)[C@@H](O)C2=O. The van der Waals surface area contributed by atoms with Gasteiger partial charge < -0.3 is 25.2 Å². The molecule has 1 heterocycles. The highest BCUT2D eigenvalue weighted by atomic mass is 16.5. The number of carbonyl (C=O) groups is 1. The number of phenolic OH excluding ortho intramolecular Hbond substituents is 3. The van der Waals surface area contributed by atoms with E-state index in [0.717, 1.165) is 24.5 Å². The molecule has 164 valence electrons. The summed E-state index contributed by atoms with van der Waals surface area (Å²) in [6, 6.07) is 7.08. The van der Waals surface area contributed by atoms with E-state index < -0.39 is 23.7 Å². The van der Waals surface area contributed by atoms with Crippen molar-refractivity contribution >= 4 is 5.78 Å². The summed E-state index contributed by atoms with van der Waals surface area (Å²) < 4.78 is 5.97. The molecule has 1 aliphatic heterocycles. The zero-order chi connectivity index (χ0) is 22.7. The summed E-state index contributed by atoms with van der Waals surface area (Å²) in [4.78, 5) is 12.9. The van der Waals surface area contributed by atoms with Crippen molar-refractivity contribution in [3.63, 3.8) is 0 Å². The van der Waals surface area contributed by atoms with E-state index in [1.165, 1.54) is 17.7 Å². The normalized spacial score (nSPS) is 18.3. The van der Waals surface area contributed by atoms with Gasteiger partial charge in [0, 0.05) is 11.6 Å². The van der Waals surface area contributed by atoms with Gasteiger partial charge in [0.2, 0.25) is 5.78 Å². The average molecular weight is 424 g/mol. The standard InChI is InChI=1S/C25H28O6/c1-14(2)5-4-6-15(3)7-12-18-19(27)13-20(28)21-22(29)23(30)24(31-25(18)21)16-8-10-17(26)11-9-16/h5,7-11,13,23-24,26-28,30H,4,6,12H2,1-3H3/t23-,24+/m0/s1. The average Bonchev–Trinajstić information content (AvgIpc) is 2.70. The Kier molecular flexibility index (Phi) is 6.71. The Balaban J connectivity index is 1.96. The van der Waals surface area contributed by atoms with Crippen LogP contribution in [0, 0.1) is 0 Å². The van der Waals surface area contributed by atoms with Crippen LogP contribution in [-0.2, 0) is 6.42 Å². The van der Waals surface area contributed by atoms with E-state index in [9.17, 15) is 25.2 Å². The number of aliphatic hydroxyl groups is 1. The summed E-state index contributed by atoms with van der Waals surface area (Å²) in [5, 5.41) is 40.8. The van der Waals surface area contributed by atoms with Crippen molar-refractivity contribution in [3.05, 3.63) is 70.3 Å². The van der Waals surface area contributed by atoms with Crippen LogP contribution in [-0.4, -0.2) is 32.3 Å². The number of ketones is 1. The number of aliphatic hydroxyl groups excluding tert-OH is 1. The molecule has 0 unspecified atom stereocenters. The lowest BCUT2D eigenvalue weighted by atomic mass is 9.90. The number of phenols is 3. The first-order valence-corrected chi connectivity index (χ1v) is 10.2. The monoisotopic (exact) mass is 424 g/mol. The van der Waals surface area contributed by atoms with Crippen molar-refractivity contribution in [2.24, 2.45) is 0 Å². The molecule has 0 spiro atoms. The third-order valence-corrected chi connectivity index (χ3v) is 5.35. The Hall–Kier alpha value is -3.25. The Labute approximate surface area is 181 Å². The van der Waals surface area contributed by atoms with E-state index in [-0.39, 0.29) is 22.8 Å². The van der Waals surface area contributed by atoms with Gasteiger partial charge in [-0.1, -0.05) is 35.4 Å². The van der Waals surface area contributed by atoms with Gasteiger partial charge in [-0.25, -0.2) is 0 Å². The molecule has 1 aliphatic rings. The number of allylic oxidation sites excluding steroid dienone is 4. The molecule has 0 aliphatic carbocycles. The second kappa shape index (κ2) is 9.27. The fraction of sp³-hybridized carbons (Fsp3) is 0.320. The van der Waals surface area contributed by atoms with Gasteiger partial charge in [0.15, 0.2) is 12.2 Å². The highest BCUT2D eigenvalue weighted by molar-refractivity contribution is 6.06. The number of hydrogen-bond donors (Lipinski definition) is 4. The van der Waals surface area contributed by atoms with Crippen LogP contribution < -0.4 is 4.74 Å². The molecule has 3 rings (SSSR count). The number of benzene rings is 2. The number of hydrogen-bond acceptors (Lipinski definition) is 6. The minimum Gasteiger partial charge on any atom is -0.508 e. The molecule has 2 aromatic carbocycles. The molecule has 0 saturated carbocycles. The highest BCUT2D eigenvalue weighted by Gasteiger charge is 2.40. The van der Waals surface area contributed by atoms with Crippen LogP contribution >= 0.6 is 0 Å². The van der Waals surface area contributed by atoms with Crippen LogP contribution in [0.4, 0.5) is 0 Å². The van der Waals surface area contributed by atoms with Crippen LogP contribution in [0.15, 0.2) is 53.6 Å². The fourth-order valence-corrected chi connectivity index (χ4v) is 3.60. The maximum Gasteiger partial charge on any atom is 0.202 e. The summed E-state index contributed by atoms with van der Waals surface area (Å²) in [7, 11) is 0. The van der Waals surface area contributed by atoms with Crippen molar-refractivity contribution in [3.8, 4) is 23.0 Å². The van der Waals surface area contributed by atoms with Crippen molar-refractivity contribution in [2.45, 2.75) is 52.2 Å². The lowest BCUT2D eigenvalue weighted by Gasteiger charge is -2.31. The Morgan fingerprint density at radius 2 is 1.71 bits per heavy atom. The highest BCUT2D eigenvalue weighted by Crippen LogP contribution is 2.45. The van der Waals surface area contributed by atoms with Crippen molar-refractivity contribution in [1.29, 1.82) is 0 Å². The predicted molar refractivity (Wildman–Crippen MR) is 118 cm³/mol. The summed E-state index contributed by atoms with van der Waals surface area (Å²) in [6.07, 6.45) is 3.64. The molecule has 6 nitrogen and oxygen atoms in total. The molecule has 0 bridgehead atoms. The first kappa shape index (κ1) is 22.4. The number of carbonyl (C=O) groups excluding carboxylic acids is 1. The molecule has 2 atom stereocenters. The molecule has 0 aromatic heterocycles. The summed E-state index contributed by atoms with van der Waals surface area (Å²) in [5.74, 6) is -1.18. The van der Waals surface area contributed by atoms with Crippen LogP contribution in [0.5, 0.6) is 23.0 Å². The number of ether oxygens (including phenoxy) is 1. The molecule has 0 radical (unpaired) electrons. The maximum absolute atomic E-state index is 12.9. The van der Waals surface area contributed by atoms with E-state index in [0.29, 0.717) is 17.5 Å². The third kappa shape index (κ3) is 4.91. The molecule has 2 aromatic rings. The van der Waals surface area contributed by atoms with Gasteiger partial charge in [0.25, 0.3) is 0 Å². The zero-order valence-electron chi connectivity index (χ0n) is 17.9. The Bertz CT molecular complexity index is 1030. The molecule has 31 heavy (non-hydrogen) atoms. The van der Waals surface area contributed by atoms with Gasteiger partial charge in [0.1, 0.15) is 28.6 Å². The zero-order valence-corrected chi connectivity index (χ0v) is 17.9. The molecular weight excluding hydrogens is 396 g/mol. The minimum atomic E-state index is -1.53. The molecular formula is C25H28O6. The first-order chi connectivity index (χ1) is 14.7. The van der Waals surface area contributed by atoms with E-state index in [2.05, 4.69) is 6.08 Å². The van der Waals surface area contributed by atoms with Gasteiger partial charge in [-0.3, -0.25) is 4.79 Å². The van der Waals surface area contributed by atoms with Crippen molar-refractivity contribution in [2.75, 3.05) is 0 Å². The van der Waals surface area contributed by atoms with Crippen LogP contribution in [0.2, 0.25) is 0 Å². The number of Topliss-reactive ketones (excluding diaryl/α,β-unsaturated/α-hetero) is 1. The minimum absolute atomic E-state index is 0.0467. The van der Waals surface area contributed by atoms with Gasteiger partial charge in [0.05, 0.1) is 0 Å².